The highest BCUT2D eigenvalue weighted by Gasteiger charge is 2.16. The van der Waals surface area contributed by atoms with Crippen LogP contribution in [-0.4, -0.2) is 15.0 Å². The van der Waals surface area contributed by atoms with E-state index < -0.39 is 5.82 Å². The van der Waals surface area contributed by atoms with Crippen molar-refractivity contribution in [3.63, 3.8) is 0 Å². The topological polar surface area (TPSA) is 38.7 Å². The van der Waals surface area contributed by atoms with E-state index >= 15 is 0 Å². The van der Waals surface area contributed by atoms with Gasteiger partial charge in [-0.1, -0.05) is 47.5 Å². The molecule has 0 bridgehead atoms. The minimum atomic E-state index is -0.653. The molecule has 2 heterocycles. The number of rotatable bonds is 2. The Hall–Kier alpha value is -2.56. The molecule has 4 rings (SSSR count). The second-order valence-corrected chi connectivity index (χ2v) is 6.62. The van der Waals surface area contributed by atoms with Crippen molar-refractivity contribution in [2.24, 2.45) is 0 Å². The van der Waals surface area contributed by atoms with Crippen LogP contribution < -0.4 is 0 Å². The zero-order valence-corrected chi connectivity index (χ0v) is 15.2. The lowest BCUT2D eigenvalue weighted by Crippen LogP contribution is -1.97. The molecule has 26 heavy (non-hydrogen) atoms. The van der Waals surface area contributed by atoms with Gasteiger partial charge in [-0.25, -0.2) is 19.3 Å². The Morgan fingerprint density at radius 2 is 1.73 bits per heavy atom. The number of aryl methyl sites for hydroxylation is 1. The van der Waals surface area contributed by atoms with Crippen molar-refractivity contribution in [2.75, 3.05) is 0 Å². The third kappa shape index (κ3) is 2.91. The van der Waals surface area contributed by atoms with Crippen molar-refractivity contribution >= 4 is 34.1 Å². The van der Waals surface area contributed by atoms with Gasteiger partial charge < -0.3 is 0 Å². The Morgan fingerprint density at radius 3 is 2.58 bits per heavy atom. The molecule has 128 valence electrons. The fraction of sp³-hybridized carbons (Fsp3) is 0.0500. The van der Waals surface area contributed by atoms with Crippen molar-refractivity contribution in [1.82, 2.24) is 15.0 Å². The Morgan fingerprint density at radius 1 is 0.923 bits per heavy atom. The van der Waals surface area contributed by atoms with Crippen LogP contribution in [0.25, 0.3) is 33.7 Å². The highest BCUT2D eigenvalue weighted by molar-refractivity contribution is 6.36. The lowest BCUT2D eigenvalue weighted by Gasteiger charge is -2.10. The molecule has 0 radical (unpaired) electrons. The Labute approximate surface area is 159 Å². The maximum atomic E-state index is 14.1. The Kier molecular flexibility index (Phi) is 4.31. The Bertz CT molecular complexity index is 1150. The van der Waals surface area contributed by atoms with E-state index in [-0.39, 0.29) is 10.0 Å². The number of halogens is 3. The maximum absolute atomic E-state index is 14.1. The molecule has 0 amide bonds. The summed E-state index contributed by atoms with van der Waals surface area (Å²) < 4.78 is 14.1. The van der Waals surface area contributed by atoms with Gasteiger partial charge in [-0.15, -0.1) is 0 Å². The zero-order valence-electron chi connectivity index (χ0n) is 13.7. The number of pyridine rings is 1. The van der Waals surface area contributed by atoms with Crippen molar-refractivity contribution in [3.05, 3.63) is 76.2 Å². The van der Waals surface area contributed by atoms with Gasteiger partial charge in [-0.3, -0.25) is 0 Å². The summed E-state index contributed by atoms with van der Waals surface area (Å²) in [6.45, 7) is 1.89. The molecule has 0 aliphatic carbocycles. The lowest BCUT2D eigenvalue weighted by molar-refractivity contribution is 0.629. The molecule has 0 saturated heterocycles. The van der Waals surface area contributed by atoms with Crippen LogP contribution in [0.2, 0.25) is 10.0 Å². The number of hydrogen-bond acceptors (Lipinski definition) is 3. The van der Waals surface area contributed by atoms with E-state index in [4.69, 9.17) is 23.2 Å². The summed E-state index contributed by atoms with van der Waals surface area (Å²) >= 11 is 11.9. The first kappa shape index (κ1) is 16.9. The van der Waals surface area contributed by atoms with Crippen molar-refractivity contribution in [1.29, 1.82) is 0 Å². The summed E-state index contributed by atoms with van der Waals surface area (Å²) in [6, 6.07) is 14.6. The van der Waals surface area contributed by atoms with Crippen LogP contribution in [0.3, 0.4) is 0 Å². The lowest BCUT2D eigenvalue weighted by atomic mass is 10.1. The predicted octanol–water partition coefficient (Wildman–Crippen LogP) is 6.11. The minimum Gasteiger partial charge on any atom is -0.244 e. The van der Waals surface area contributed by atoms with Crippen LogP contribution in [-0.2, 0) is 0 Å². The maximum Gasteiger partial charge on any atom is 0.178 e. The van der Waals surface area contributed by atoms with Gasteiger partial charge in [0.25, 0.3) is 0 Å². The van der Waals surface area contributed by atoms with Gasteiger partial charge in [-0.2, -0.15) is 0 Å². The predicted molar refractivity (Wildman–Crippen MR) is 103 cm³/mol. The zero-order chi connectivity index (χ0) is 18.3. The van der Waals surface area contributed by atoms with Crippen molar-refractivity contribution in [3.8, 4) is 22.8 Å². The minimum absolute atomic E-state index is 0.0228. The van der Waals surface area contributed by atoms with E-state index in [0.717, 1.165) is 16.5 Å². The molecule has 0 aliphatic rings. The number of nitrogens with zero attached hydrogens (tertiary/aromatic N) is 3. The van der Waals surface area contributed by atoms with E-state index in [0.29, 0.717) is 22.8 Å². The number of fused-ring (bicyclic) bond motifs is 1. The van der Waals surface area contributed by atoms with Crippen LogP contribution in [0.5, 0.6) is 0 Å². The summed E-state index contributed by atoms with van der Waals surface area (Å²) in [7, 11) is 0. The third-order valence-electron chi connectivity index (χ3n) is 4.11. The normalized spacial score (nSPS) is 11.1. The first-order valence-electron chi connectivity index (χ1n) is 7.88. The summed E-state index contributed by atoms with van der Waals surface area (Å²) in [5.41, 5.74) is 3.33. The van der Waals surface area contributed by atoms with Crippen molar-refractivity contribution in [2.45, 2.75) is 6.92 Å². The number of aromatic nitrogens is 3. The number of benzene rings is 2. The molecule has 0 fully saturated rings. The van der Waals surface area contributed by atoms with Crippen LogP contribution in [0.4, 0.5) is 4.39 Å². The van der Waals surface area contributed by atoms with Gasteiger partial charge >= 0.3 is 0 Å². The van der Waals surface area contributed by atoms with Crippen molar-refractivity contribution < 1.29 is 4.39 Å². The summed E-state index contributed by atoms with van der Waals surface area (Å²) in [5, 5.41) is 0.876. The largest absolute Gasteiger partial charge is 0.244 e. The molecule has 4 aromatic rings. The van der Waals surface area contributed by atoms with Crippen LogP contribution in [0, 0.1) is 12.7 Å². The van der Waals surface area contributed by atoms with E-state index in [1.807, 2.05) is 43.3 Å². The van der Waals surface area contributed by atoms with E-state index in [9.17, 15) is 4.39 Å². The van der Waals surface area contributed by atoms with Gasteiger partial charge in [0.15, 0.2) is 11.6 Å². The highest BCUT2D eigenvalue weighted by Crippen LogP contribution is 2.35. The molecule has 0 aliphatic heterocycles. The molecule has 0 unspecified atom stereocenters. The van der Waals surface area contributed by atoms with Crippen LogP contribution >= 0.6 is 23.2 Å². The Balaban J connectivity index is 1.87. The molecular weight excluding hydrogens is 372 g/mol. The fourth-order valence-corrected chi connectivity index (χ4v) is 3.19. The first-order chi connectivity index (χ1) is 12.5. The molecule has 0 saturated carbocycles. The number of para-hydroxylation sites is 1. The number of hydrogen-bond donors (Lipinski definition) is 0. The quantitative estimate of drug-likeness (QED) is 0.391. The van der Waals surface area contributed by atoms with Crippen LogP contribution in [0.15, 0.2) is 54.7 Å². The average molecular weight is 384 g/mol. The molecule has 2 aromatic carbocycles. The molecule has 0 spiro atoms. The highest BCUT2D eigenvalue weighted by atomic mass is 35.5. The molecule has 0 N–H and O–H groups in total. The van der Waals surface area contributed by atoms with Gasteiger partial charge in [0.05, 0.1) is 21.3 Å². The second kappa shape index (κ2) is 6.63. The molecule has 6 heteroatoms. The molecule has 2 aromatic heterocycles. The standard InChI is InChI=1S/C20H12Cl2FN3/c1-11-6-9-16(20-24-10-12-4-2-3-5-15(12)26-20)25-19(11)13-7-8-14(21)18(23)17(13)22/h2-10H,1H3. The summed E-state index contributed by atoms with van der Waals surface area (Å²) in [4.78, 5) is 13.6. The molecule has 0 atom stereocenters. The van der Waals surface area contributed by atoms with E-state index in [2.05, 4.69) is 15.0 Å². The van der Waals surface area contributed by atoms with Gasteiger partial charge in [-0.05, 0) is 36.8 Å². The van der Waals surface area contributed by atoms with E-state index in [1.54, 1.807) is 12.3 Å². The average Bonchev–Trinajstić information content (AvgIpc) is 2.67. The second-order valence-electron chi connectivity index (χ2n) is 5.84. The fourth-order valence-electron chi connectivity index (χ4n) is 2.73. The van der Waals surface area contributed by atoms with E-state index in [1.165, 1.54) is 6.07 Å². The third-order valence-corrected chi connectivity index (χ3v) is 4.77. The molecular formula is C20H12Cl2FN3. The smallest absolute Gasteiger partial charge is 0.178 e. The first-order valence-corrected chi connectivity index (χ1v) is 8.64. The van der Waals surface area contributed by atoms with Gasteiger partial charge in [0.1, 0.15) is 5.69 Å². The monoisotopic (exact) mass is 383 g/mol. The van der Waals surface area contributed by atoms with Gasteiger partial charge in [0.2, 0.25) is 0 Å². The summed E-state index contributed by atoms with van der Waals surface area (Å²) in [5.74, 6) is -0.158. The van der Waals surface area contributed by atoms with Gasteiger partial charge in [0, 0.05) is 17.1 Å². The SMILES string of the molecule is Cc1ccc(-c2ncc3ccccc3n2)nc1-c1ccc(Cl)c(F)c1Cl. The summed E-state index contributed by atoms with van der Waals surface area (Å²) in [6.07, 6.45) is 1.76. The van der Waals surface area contributed by atoms with Crippen LogP contribution in [0.1, 0.15) is 5.56 Å². The molecule has 3 nitrogen and oxygen atoms in total.